The number of benzene rings is 2. The van der Waals surface area contributed by atoms with Crippen LogP contribution in [0.4, 0.5) is 0 Å². The first-order valence-electron chi connectivity index (χ1n) is 8.46. The topological polar surface area (TPSA) is 57.7 Å². The lowest BCUT2D eigenvalue weighted by atomic mass is 10.0. The minimum absolute atomic E-state index is 0.0175. The van der Waals surface area contributed by atoms with E-state index in [4.69, 9.17) is 0 Å². The highest BCUT2D eigenvalue weighted by molar-refractivity contribution is 6.22. The Kier molecular flexibility index (Phi) is 3.84. The first-order chi connectivity index (χ1) is 12.2. The van der Waals surface area contributed by atoms with Crippen molar-refractivity contribution in [1.29, 1.82) is 0 Å². The second kappa shape index (κ2) is 6.16. The second-order valence-corrected chi connectivity index (χ2v) is 6.40. The van der Waals surface area contributed by atoms with Crippen molar-refractivity contribution in [3.63, 3.8) is 0 Å². The van der Waals surface area contributed by atoms with E-state index in [0.29, 0.717) is 17.7 Å². The van der Waals surface area contributed by atoms with E-state index >= 15 is 0 Å². The van der Waals surface area contributed by atoms with E-state index < -0.39 is 0 Å². The summed E-state index contributed by atoms with van der Waals surface area (Å²) in [5.74, 6) is -0.949. The summed E-state index contributed by atoms with van der Waals surface area (Å²) >= 11 is 0. The van der Waals surface area contributed by atoms with Crippen molar-refractivity contribution in [2.75, 3.05) is 13.1 Å². The normalized spacial score (nSPS) is 19.4. The highest BCUT2D eigenvalue weighted by Crippen LogP contribution is 2.32. The van der Waals surface area contributed by atoms with Gasteiger partial charge >= 0.3 is 0 Å². The molecule has 126 valence electrons. The van der Waals surface area contributed by atoms with Crippen LogP contribution in [0, 0.1) is 0 Å². The number of likely N-dealkylation sites (tertiary alicyclic amines) is 1. The van der Waals surface area contributed by atoms with Gasteiger partial charge in [0.2, 0.25) is 5.91 Å². The maximum atomic E-state index is 12.8. The molecule has 0 aliphatic carbocycles. The summed E-state index contributed by atoms with van der Waals surface area (Å²) in [5, 5.41) is 0. The molecule has 2 aromatic rings. The number of rotatable bonds is 3. The fraction of sp³-hybridized carbons (Fsp3) is 0.250. The maximum Gasteiger partial charge on any atom is 0.262 e. The molecule has 1 saturated heterocycles. The Labute approximate surface area is 145 Å². The summed E-state index contributed by atoms with van der Waals surface area (Å²) in [6.45, 7) is 0.456. The lowest BCUT2D eigenvalue weighted by molar-refractivity contribution is -0.132. The third-order valence-electron chi connectivity index (χ3n) is 4.93. The van der Waals surface area contributed by atoms with Crippen LogP contribution in [0.5, 0.6) is 0 Å². The van der Waals surface area contributed by atoms with Crippen molar-refractivity contribution >= 4 is 17.7 Å². The van der Waals surface area contributed by atoms with Gasteiger partial charge in [-0.25, -0.2) is 0 Å². The molecule has 1 fully saturated rings. The molecule has 0 spiro atoms. The van der Waals surface area contributed by atoms with Gasteiger partial charge in [0.25, 0.3) is 11.8 Å². The van der Waals surface area contributed by atoms with Crippen molar-refractivity contribution in [2.45, 2.75) is 18.9 Å². The van der Waals surface area contributed by atoms with Gasteiger partial charge < -0.3 is 4.90 Å². The zero-order valence-electron chi connectivity index (χ0n) is 13.7. The SMILES string of the molecule is O=C1c2ccccc2C(=O)N1CC(=O)N1CCCC1c1ccccc1. The van der Waals surface area contributed by atoms with E-state index in [2.05, 4.69) is 0 Å². The van der Waals surface area contributed by atoms with Crippen LogP contribution in [0.3, 0.4) is 0 Å². The van der Waals surface area contributed by atoms with E-state index in [0.717, 1.165) is 23.3 Å². The number of fused-ring (bicyclic) bond motifs is 1. The summed E-state index contributed by atoms with van der Waals surface area (Å²) in [6, 6.07) is 16.6. The Morgan fingerprint density at radius 3 is 2.16 bits per heavy atom. The van der Waals surface area contributed by atoms with Gasteiger partial charge in [-0.2, -0.15) is 0 Å². The first kappa shape index (κ1) is 15.6. The summed E-state index contributed by atoms with van der Waals surface area (Å²) in [4.78, 5) is 40.5. The van der Waals surface area contributed by atoms with Gasteiger partial charge in [0.1, 0.15) is 6.54 Å². The summed E-state index contributed by atoms with van der Waals surface area (Å²) in [5.41, 5.74) is 1.85. The summed E-state index contributed by atoms with van der Waals surface area (Å²) in [7, 11) is 0. The molecule has 2 aromatic carbocycles. The minimum Gasteiger partial charge on any atom is -0.334 e. The van der Waals surface area contributed by atoms with Crippen LogP contribution in [-0.2, 0) is 4.79 Å². The van der Waals surface area contributed by atoms with Gasteiger partial charge in [0, 0.05) is 6.54 Å². The highest BCUT2D eigenvalue weighted by Gasteiger charge is 2.38. The molecule has 25 heavy (non-hydrogen) atoms. The van der Waals surface area contributed by atoms with Crippen LogP contribution in [0.1, 0.15) is 45.2 Å². The van der Waals surface area contributed by atoms with E-state index in [1.807, 2.05) is 30.3 Å². The number of carbonyl (C=O) groups excluding carboxylic acids is 3. The molecule has 2 aliphatic rings. The fourth-order valence-corrected chi connectivity index (χ4v) is 3.70. The molecule has 0 aromatic heterocycles. The van der Waals surface area contributed by atoms with Gasteiger partial charge in [0.15, 0.2) is 0 Å². The van der Waals surface area contributed by atoms with Crippen molar-refractivity contribution in [2.24, 2.45) is 0 Å². The highest BCUT2D eigenvalue weighted by atomic mass is 16.2. The molecule has 4 rings (SSSR count). The lowest BCUT2D eigenvalue weighted by Crippen LogP contribution is -2.42. The molecule has 0 radical (unpaired) electrons. The lowest BCUT2D eigenvalue weighted by Gasteiger charge is -2.26. The Morgan fingerprint density at radius 1 is 0.920 bits per heavy atom. The van der Waals surface area contributed by atoms with E-state index in [1.165, 1.54) is 0 Å². The number of nitrogens with zero attached hydrogens (tertiary/aromatic N) is 2. The number of imide groups is 1. The molecule has 5 heteroatoms. The molecule has 0 saturated carbocycles. The quantitative estimate of drug-likeness (QED) is 0.811. The molecular formula is C20H18N2O3. The summed E-state index contributed by atoms with van der Waals surface area (Å²) < 4.78 is 0. The minimum atomic E-state index is -0.385. The number of hydrogen-bond donors (Lipinski definition) is 0. The van der Waals surface area contributed by atoms with Crippen LogP contribution in [0.15, 0.2) is 54.6 Å². The number of hydrogen-bond acceptors (Lipinski definition) is 3. The van der Waals surface area contributed by atoms with E-state index in [9.17, 15) is 14.4 Å². The molecule has 2 heterocycles. The average molecular weight is 334 g/mol. The first-order valence-corrected chi connectivity index (χ1v) is 8.46. The zero-order valence-corrected chi connectivity index (χ0v) is 13.7. The Morgan fingerprint density at radius 2 is 1.52 bits per heavy atom. The van der Waals surface area contributed by atoms with Crippen LogP contribution < -0.4 is 0 Å². The average Bonchev–Trinajstić information content (AvgIpc) is 3.23. The van der Waals surface area contributed by atoms with Crippen molar-refractivity contribution in [3.8, 4) is 0 Å². The number of amides is 3. The fourth-order valence-electron chi connectivity index (χ4n) is 3.70. The molecule has 1 atom stereocenters. The van der Waals surface area contributed by atoms with Crippen LogP contribution >= 0.6 is 0 Å². The van der Waals surface area contributed by atoms with Gasteiger partial charge in [-0.15, -0.1) is 0 Å². The standard InChI is InChI=1S/C20H18N2O3/c23-18(21-12-6-11-17(21)14-7-2-1-3-8-14)13-22-19(24)15-9-4-5-10-16(15)20(22)25/h1-5,7-10,17H,6,11-13H2. The zero-order chi connectivity index (χ0) is 17.4. The second-order valence-electron chi connectivity index (χ2n) is 6.40. The van der Waals surface area contributed by atoms with Gasteiger partial charge in [0.05, 0.1) is 17.2 Å². The Hall–Kier alpha value is -2.95. The summed E-state index contributed by atoms with van der Waals surface area (Å²) in [6.07, 6.45) is 1.82. The molecule has 3 amide bonds. The third kappa shape index (κ3) is 2.61. The van der Waals surface area contributed by atoms with Crippen molar-refractivity contribution in [3.05, 3.63) is 71.3 Å². The van der Waals surface area contributed by atoms with Crippen LogP contribution in [0.25, 0.3) is 0 Å². The molecule has 1 unspecified atom stereocenters. The van der Waals surface area contributed by atoms with Crippen LogP contribution in [0.2, 0.25) is 0 Å². The maximum absolute atomic E-state index is 12.8. The van der Waals surface area contributed by atoms with Crippen LogP contribution in [-0.4, -0.2) is 40.6 Å². The van der Waals surface area contributed by atoms with E-state index in [-0.39, 0.29) is 30.3 Å². The van der Waals surface area contributed by atoms with E-state index in [1.54, 1.807) is 29.2 Å². The predicted octanol–water partition coefficient (Wildman–Crippen LogP) is 2.65. The smallest absolute Gasteiger partial charge is 0.262 e. The van der Waals surface area contributed by atoms with Crippen molar-refractivity contribution in [1.82, 2.24) is 9.80 Å². The molecule has 0 bridgehead atoms. The third-order valence-corrected chi connectivity index (χ3v) is 4.93. The number of carbonyl (C=O) groups is 3. The van der Waals surface area contributed by atoms with Gasteiger partial charge in [-0.1, -0.05) is 42.5 Å². The molecule has 2 aliphatic heterocycles. The molecular weight excluding hydrogens is 316 g/mol. The monoisotopic (exact) mass is 334 g/mol. The predicted molar refractivity (Wildman–Crippen MR) is 91.9 cm³/mol. The largest absolute Gasteiger partial charge is 0.334 e. The van der Waals surface area contributed by atoms with Gasteiger partial charge in [-0.05, 0) is 30.5 Å². The van der Waals surface area contributed by atoms with Gasteiger partial charge in [-0.3, -0.25) is 19.3 Å². The molecule has 0 N–H and O–H groups in total. The Bertz CT molecular complexity index is 812. The molecule has 5 nitrogen and oxygen atoms in total. The Balaban J connectivity index is 1.53. The van der Waals surface area contributed by atoms with Crippen molar-refractivity contribution < 1.29 is 14.4 Å².